The van der Waals surface area contributed by atoms with E-state index in [9.17, 15) is 9.90 Å². The summed E-state index contributed by atoms with van der Waals surface area (Å²) in [5.74, 6) is 1.45. The van der Waals surface area contributed by atoms with Crippen molar-refractivity contribution in [2.45, 2.75) is 102 Å². The number of aliphatic hydroxyl groups excluding tert-OH is 1. The number of hydrogen-bond acceptors (Lipinski definition) is 4. The monoisotopic (exact) mass is 529 g/mol. The second kappa shape index (κ2) is 11.0. The molecule has 1 amide bonds. The van der Waals surface area contributed by atoms with Crippen LogP contribution in [-0.4, -0.2) is 46.4 Å². The van der Waals surface area contributed by atoms with Crippen molar-refractivity contribution < 1.29 is 14.6 Å². The Hall–Kier alpha value is -2.83. The van der Waals surface area contributed by atoms with Crippen LogP contribution in [0.5, 0.6) is 5.75 Å². The number of para-hydroxylation sites is 1. The van der Waals surface area contributed by atoms with Crippen molar-refractivity contribution in [2.75, 3.05) is 13.2 Å². The summed E-state index contributed by atoms with van der Waals surface area (Å²) in [5, 5.41) is 18.0. The van der Waals surface area contributed by atoms with E-state index >= 15 is 0 Å². The van der Waals surface area contributed by atoms with Gasteiger partial charge in [0.2, 0.25) is 0 Å². The summed E-state index contributed by atoms with van der Waals surface area (Å²) in [4.78, 5) is 13.5. The maximum atomic E-state index is 13.5. The standard InChI is InChI=1S/C33H43N3O3/c1-33(2,21-34-24-13-15-25(37)16-14-24)35-32(38)23-12-17-26-28(20-23)36-18-19-39-29-11-7-6-10-27(29)31(36)30(26)22-8-4-3-5-9-22/h6-7,10-12,17,20,22,24-25,34,37H,3-5,8-9,13-16,18-19,21H2,1-2H3,(H,35,38). The van der Waals surface area contributed by atoms with E-state index < -0.39 is 5.54 Å². The lowest BCUT2D eigenvalue weighted by molar-refractivity contribution is 0.0905. The first-order valence-electron chi connectivity index (χ1n) is 15.0. The highest BCUT2D eigenvalue weighted by Crippen LogP contribution is 2.47. The van der Waals surface area contributed by atoms with Gasteiger partial charge >= 0.3 is 0 Å². The van der Waals surface area contributed by atoms with Crippen LogP contribution in [0.4, 0.5) is 0 Å². The van der Waals surface area contributed by atoms with Gasteiger partial charge in [0.25, 0.3) is 5.91 Å². The summed E-state index contributed by atoms with van der Waals surface area (Å²) in [6.45, 7) is 6.23. The van der Waals surface area contributed by atoms with Crippen molar-refractivity contribution in [3.05, 3.63) is 53.6 Å². The highest BCUT2D eigenvalue weighted by atomic mass is 16.5. The highest BCUT2D eigenvalue weighted by molar-refractivity contribution is 6.01. The smallest absolute Gasteiger partial charge is 0.251 e. The number of nitrogens with one attached hydrogen (secondary N) is 2. The highest BCUT2D eigenvalue weighted by Gasteiger charge is 2.30. The number of carbonyl (C=O) groups excluding carboxylic acids is 1. The number of aliphatic hydroxyl groups is 1. The number of ether oxygens (including phenoxy) is 1. The Morgan fingerprint density at radius 3 is 2.59 bits per heavy atom. The maximum absolute atomic E-state index is 13.5. The molecule has 2 fully saturated rings. The van der Waals surface area contributed by atoms with Crippen LogP contribution >= 0.6 is 0 Å². The van der Waals surface area contributed by atoms with Crippen molar-refractivity contribution >= 4 is 16.8 Å². The lowest BCUT2D eigenvalue weighted by Gasteiger charge is -2.32. The predicted molar refractivity (Wildman–Crippen MR) is 157 cm³/mol. The third-order valence-corrected chi connectivity index (χ3v) is 9.08. The second-order valence-corrected chi connectivity index (χ2v) is 12.5. The first-order chi connectivity index (χ1) is 18.9. The van der Waals surface area contributed by atoms with Crippen LogP contribution in [0.2, 0.25) is 0 Å². The molecule has 0 atom stereocenters. The molecule has 1 aliphatic heterocycles. The molecule has 3 aromatic rings. The van der Waals surface area contributed by atoms with Gasteiger partial charge in [-0.15, -0.1) is 0 Å². The summed E-state index contributed by atoms with van der Waals surface area (Å²) < 4.78 is 8.59. The Kier molecular flexibility index (Phi) is 7.43. The van der Waals surface area contributed by atoms with Gasteiger partial charge in [0, 0.05) is 40.2 Å². The third-order valence-electron chi connectivity index (χ3n) is 9.08. The van der Waals surface area contributed by atoms with Gasteiger partial charge in [-0.2, -0.15) is 0 Å². The van der Waals surface area contributed by atoms with Crippen LogP contribution in [0.3, 0.4) is 0 Å². The minimum atomic E-state index is -0.391. The van der Waals surface area contributed by atoms with E-state index in [4.69, 9.17) is 4.74 Å². The third kappa shape index (κ3) is 5.46. The van der Waals surface area contributed by atoms with E-state index in [0.29, 0.717) is 30.7 Å². The summed E-state index contributed by atoms with van der Waals surface area (Å²) >= 11 is 0. The molecule has 2 aromatic carbocycles. The molecule has 208 valence electrons. The molecule has 6 rings (SSSR count). The van der Waals surface area contributed by atoms with Gasteiger partial charge in [0.1, 0.15) is 12.4 Å². The Balaban J connectivity index is 1.30. The molecule has 0 spiro atoms. The number of hydrogen-bond donors (Lipinski definition) is 3. The van der Waals surface area contributed by atoms with Crippen molar-refractivity contribution in [3.63, 3.8) is 0 Å². The van der Waals surface area contributed by atoms with Gasteiger partial charge < -0.3 is 25.0 Å². The first-order valence-corrected chi connectivity index (χ1v) is 15.0. The number of aromatic nitrogens is 1. The fourth-order valence-electron chi connectivity index (χ4n) is 6.98. The predicted octanol–water partition coefficient (Wildman–Crippen LogP) is 6.15. The maximum Gasteiger partial charge on any atom is 0.251 e. The molecule has 39 heavy (non-hydrogen) atoms. The van der Waals surface area contributed by atoms with Crippen molar-refractivity contribution in [1.82, 2.24) is 15.2 Å². The van der Waals surface area contributed by atoms with E-state index in [2.05, 4.69) is 59.4 Å². The van der Waals surface area contributed by atoms with Gasteiger partial charge in [0.15, 0.2) is 0 Å². The number of amides is 1. The first kappa shape index (κ1) is 26.4. The normalized spacial score (nSPS) is 22.0. The molecule has 2 saturated carbocycles. The molecular formula is C33H43N3O3. The van der Waals surface area contributed by atoms with E-state index in [1.807, 2.05) is 12.1 Å². The van der Waals surface area contributed by atoms with E-state index in [0.717, 1.165) is 43.5 Å². The fraction of sp³-hybridized carbons (Fsp3) is 0.545. The quantitative estimate of drug-likeness (QED) is 0.358. The molecule has 6 nitrogen and oxygen atoms in total. The zero-order chi connectivity index (χ0) is 27.0. The summed E-state index contributed by atoms with van der Waals surface area (Å²) in [6.07, 6.45) is 9.83. The van der Waals surface area contributed by atoms with Crippen LogP contribution in [-0.2, 0) is 6.54 Å². The van der Waals surface area contributed by atoms with E-state index in [1.165, 1.54) is 54.3 Å². The molecule has 6 heteroatoms. The minimum absolute atomic E-state index is 0.0391. The van der Waals surface area contributed by atoms with Crippen LogP contribution in [0.25, 0.3) is 22.2 Å². The van der Waals surface area contributed by atoms with Crippen LogP contribution in [0.1, 0.15) is 93.5 Å². The zero-order valence-electron chi connectivity index (χ0n) is 23.5. The van der Waals surface area contributed by atoms with Gasteiger partial charge in [0.05, 0.1) is 18.3 Å². The molecule has 3 N–H and O–H groups in total. The number of benzene rings is 2. The Bertz CT molecular complexity index is 1330. The van der Waals surface area contributed by atoms with Gasteiger partial charge in [-0.1, -0.05) is 37.5 Å². The van der Waals surface area contributed by atoms with E-state index in [1.54, 1.807) is 0 Å². The van der Waals surface area contributed by atoms with Gasteiger partial charge in [-0.25, -0.2) is 0 Å². The second-order valence-electron chi connectivity index (χ2n) is 12.5. The minimum Gasteiger partial charge on any atom is -0.491 e. The van der Waals surface area contributed by atoms with Gasteiger partial charge in [-0.3, -0.25) is 4.79 Å². The van der Waals surface area contributed by atoms with Crippen LogP contribution in [0.15, 0.2) is 42.5 Å². The summed E-state index contributed by atoms with van der Waals surface area (Å²) in [6, 6.07) is 15.1. The molecule has 0 unspecified atom stereocenters. The molecule has 0 bridgehead atoms. The molecular weight excluding hydrogens is 486 g/mol. The van der Waals surface area contributed by atoms with Gasteiger partial charge in [-0.05, 0) is 88.1 Å². The fourth-order valence-corrected chi connectivity index (χ4v) is 6.98. The van der Waals surface area contributed by atoms with E-state index in [-0.39, 0.29) is 12.0 Å². The van der Waals surface area contributed by atoms with Crippen LogP contribution < -0.4 is 15.4 Å². The summed E-state index contributed by atoms with van der Waals surface area (Å²) in [7, 11) is 0. The topological polar surface area (TPSA) is 75.5 Å². The number of fused-ring (bicyclic) bond motifs is 5. The Morgan fingerprint density at radius 2 is 1.79 bits per heavy atom. The average Bonchev–Trinajstić information content (AvgIpc) is 3.14. The molecule has 2 aliphatic carbocycles. The molecule has 2 heterocycles. The zero-order valence-corrected chi connectivity index (χ0v) is 23.5. The molecule has 0 radical (unpaired) electrons. The Labute approximate surface area is 232 Å². The number of rotatable bonds is 6. The van der Waals surface area contributed by atoms with Crippen molar-refractivity contribution in [2.24, 2.45) is 0 Å². The lowest BCUT2D eigenvalue weighted by atomic mass is 9.81. The SMILES string of the molecule is CC(C)(CNC1CCC(O)CC1)NC(=O)c1ccc2c(C3CCCCC3)c3n(c2c1)CCOc1ccccc1-3. The molecule has 3 aliphatic rings. The summed E-state index contributed by atoms with van der Waals surface area (Å²) in [5.41, 5.74) is 5.33. The van der Waals surface area contributed by atoms with Crippen molar-refractivity contribution in [3.8, 4) is 17.0 Å². The average molecular weight is 530 g/mol. The Morgan fingerprint density at radius 1 is 1.03 bits per heavy atom. The molecule has 1 aromatic heterocycles. The largest absolute Gasteiger partial charge is 0.491 e. The molecule has 0 saturated heterocycles. The van der Waals surface area contributed by atoms with Crippen molar-refractivity contribution in [1.29, 1.82) is 0 Å². The number of carbonyl (C=O) groups is 1. The number of nitrogens with zero attached hydrogens (tertiary/aromatic N) is 1. The lowest BCUT2D eigenvalue weighted by Crippen LogP contribution is -2.52. The van der Waals surface area contributed by atoms with Crippen LogP contribution in [0, 0.1) is 0 Å².